The van der Waals surface area contributed by atoms with E-state index in [4.69, 9.17) is 14.5 Å². The molecular weight excluding hydrogens is 638 g/mol. The Hall–Kier alpha value is -5.65. The molecule has 0 bridgehead atoms. The van der Waals surface area contributed by atoms with Crippen LogP contribution >= 0.6 is 0 Å². The highest BCUT2D eigenvalue weighted by atomic mass is 16.5. The van der Waals surface area contributed by atoms with Crippen molar-refractivity contribution in [1.82, 2.24) is 25.5 Å². The van der Waals surface area contributed by atoms with Gasteiger partial charge < -0.3 is 35.1 Å². The number of amides is 3. The minimum Gasteiger partial charge on any atom is -0.497 e. The Morgan fingerprint density at radius 3 is 2.50 bits per heavy atom. The molecule has 5 atom stereocenters. The van der Waals surface area contributed by atoms with Crippen molar-refractivity contribution in [3.8, 4) is 22.8 Å². The van der Waals surface area contributed by atoms with Gasteiger partial charge in [-0.05, 0) is 30.0 Å². The zero-order chi connectivity index (χ0) is 35.8. The number of likely N-dealkylation sites (tertiary alicyclic amines) is 1. The number of carboxylic acids is 1. The number of aromatic nitrogens is 2. The van der Waals surface area contributed by atoms with Gasteiger partial charge in [-0.25, -0.2) is 9.78 Å². The lowest BCUT2D eigenvalue weighted by Crippen LogP contribution is -2.59. The Bertz CT molecular complexity index is 1940. The summed E-state index contributed by atoms with van der Waals surface area (Å²) in [7, 11) is 1.58. The van der Waals surface area contributed by atoms with Gasteiger partial charge in [0.05, 0.1) is 30.4 Å². The maximum Gasteiger partial charge on any atom is 0.330 e. The van der Waals surface area contributed by atoms with Crippen LogP contribution < -0.4 is 20.1 Å². The van der Waals surface area contributed by atoms with Gasteiger partial charge in [-0.1, -0.05) is 57.2 Å². The molecule has 0 radical (unpaired) electrons. The number of ether oxygens (including phenoxy) is 2. The van der Waals surface area contributed by atoms with Crippen LogP contribution in [0.25, 0.3) is 22.2 Å². The molecular formula is C38H41N5O7. The molecule has 1 aliphatic carbocycles. The van der Waals surface area contributed by atoms with E-state index in [1.165, 1.54) is 17.2 Å². The van der Waals surface area contributed by atoms with Crippen molar-refractivity contribution in [2.24, 2.45) is 11.3 Å². The first-order valence-electron chi connectivity index (χ1n) is 16.5. The molecule has 0 spiro atoms. The second-order valence-electron chi connectivity index (χ2n) is 13.9. The quantitative estimate of drug-likeness (QED) is 0.168. The van der Waals surface area contributed by atoms with Crippen molar-refractivity contribution in [2.45, 2.75) is 57.3 Å². The summed E-state index contributed by atoms with van der Waals surface area (Å²) in [6.45, 7) is 9.20. The number of nitrogens with zero attached hydrogens (tertiary/aromatic N) is 2. The summed E-state index contributed by atoms with van der Waals surface area (Å²) in [6.07, 6.45) is 4.27. The summed E-state index contributed by atoms with van der Waals surface area (Å²) in [4.78, 5) is 63.0. The van der Waals surface area contributed by atoms with Crippen LogP contribution in [0.3, 0.4) is 0 Å². The summed E-state index contributed by atoms with van der Waals surface area (Å²) in [6, 6.07) is 16.4. The van der Waals surface area contributed by atoms with E-state index in [0.29, 0.717) is 33.7 Å². The van der Waals surface area contributed by atoms with Crippen molar-refractivity contribution in [3.63, 3.8) is 0 Å². The maximum atomic E-state index is 14.5. The first kappa shape index (κ1) is 34.2. The smallest absolute Gasteiger partial charge is 0.330 e. The van der Waals surface area contributed by atoms with Crippen molar-refractivity contribution in [3.05, 3.63) is 91.3 Å². The van der Waals surface area contributed by atoms with E-state index in [1.54, 1.807) is 25.4 Å². The van der Waals surface area contributed by atoms with Crippen LogP contribution in [0.15, 0.2) is 85.7 Å². The average molecular weight is 680 g/mol. The third-order valence-electron chi connectivity index (χ3n) is 9.47. The van der Waals surface area contributed by atoms with Crippen LogP contribution in [-0.4, -0.2) is 81.0 Å². The lowest BCUT2D eigenvalue weighted by molar-refractivity contribution is -0.146. The third-order valence-corrected chi connectivity index (χ3v) is 9.47. The van der Waals surface area contributed by atoms with E-state index in [2.05, 4.69) is 22.2 Å². The normalized spacial score (nSPS) is 22.0. The van der Waals surface area contributed by atoms with Crippen LogP contribution in [0.4, 0.5) is 0 Å². The highest BCUT2D eigenvalue weighted by Crippen LogP contribution is 2.45. The molecule has 12 nitrogen and oxygen atoms in total. The Balaban J connectivity index is 1.35. The molecule has 1 saturated carbocycles. The van der Waals surface area contributed by atoms with E-state index in [9.17, 15) is 24.3 Å². The number of fused-ring (bicyclic) bond motifs is 1. The lowest BCUT2D eigenvalue weighted by Gasteiger charge is -2.35. The van der Waals surface area contributed by atoms with Gasteiger partial charge in [0, 0.05) is 47.8 Å². The van der Waals surface area contributed by atoms with Gasteiger partial charge in [0.1, 0.15) is 35.2 Å². The molecule has 2 aromatic carbocycles. The van der Waals surface area contributed by atoms with Gasteiger partial charge in [-0.3, -0.25) is 14.4 Å². The molecule has 3 amide bonds. The molecule has 4 aromatic rings. The van der Waals surface area contributed by atoms with Gasteiger partial charge in [0.15, 0.2) is 0 Å². The highest BCUT2D eigenvalue weighted by molar-refractivity contribution is 5.99. The van der Waals surface area contributed by atoms with Gasteiger partial charge in [0.25, 0.3) is 5.91 Å². The average Bonchev–Trinajstić information content (AvgIpc) is 3.39. The second-order valence-corrected chi connectivity index (χ2v) is 13.9. The molecule has 1 aliphatic heterocycles. The minimum atomic E-state index is -1.50. The van der Waals surface area contributed by atoms with E-state index in [1.807, 2.05) is 69.3 Å². The predicted octanol–water partition coefficient (Wildman–Crippen LogP) is 4.58. The van der Waals surface area contributed by atoms with Gasteiger partial charge in [-0.15, -0.1) is 6.58 Å². The molecule has 2 fully saturated rings. The summed E-state index contributed by atoms with van der Waals surface area (Å²) in [5, 5.41) is 16.3. The predicted molar refractivity (Wildman–Crippen MR) is 187 cm³/mol. The zero-order valence-corrected chi connectivity index (χ0v) is 28.4. The Morgan fingerprint density at radius 2 is 1.88 bits per heavy atom. The number of rotatable bonds is 11. The lowest BCUT2D eigenvalue weighted by atomic mass is 9.85. The number of hydrogen-bond acceptors (Lipinski definition) is 7. The van der Waals surface area contributed by atoms with Crippen molar-refractivity contribution >= 4 is 34.6 Å². The number of pyridine rings is 1. The molecule has 50 heavy (non-hydrogen) atoms. The summed E-state index contributed by atoms with van der Waals surface area (Å²) >= 11 is 0. The second kappa shape index (κ2) is 13.3. The van der Waals surface area contributed by atoms with Crippen LogP contribution in [-0.2, 0) is 14.4 Å². The summed E-state index contributed by atoms with van der Waals surface area (Å²) in [5.41, 5.74) is 0.272. The molecule has 4 N–H and O–H groups in total. The number of H-pyrrole nitrogens is 1. The zero-order valence-electron chi connectivity index (χ0n) is 28.4. The minimum absolute atomic E-state index is 0.00905. The number of nitrogens with one attached hydrogen (secondary N) is 3. The van der Waals surface area contributed by atoms with E-state index in [0.717, 1.165) is 5.56 Å². The molecule has 12 heteroatoms. The highest BCUT2D eigenvalue weighted by Gasteiger charge is 2.61. The molecule has 2 aliphatic rings. The molecule has 2 aromatic heterocycles. The van der Waals surface area contributed by atoms with Gasteiger partial charge in [0.2, 0.25) is 11.8 Å². The fraction of sp³-hybridized carbons (Fsp3) is 0.342. The number of carbonyl (C=O) groups is 4. The Kier molecular flexibility index (Phi) is 9.13. The first-order chi connectivity index (χ1) is 23.8. The molecule has 3 heterocycles. The number of benzene rings is 2. The number of aromatic amines is 1. The molecule has 6 rings (SSSR count). The van der Waals surface area contributed by atoms with E-state index < -0.39 is 58.8 Å². The molecule has 260 valence electrons. The molecule has 1 saturated heterocycles. The largest absolute Gasteiger partial charge is 0.497 e. The number of hydrogen-bond donors (Lipinski definition) is 4. The van der Waals surface area contributed by atoms with Gasteiger partial charge in [-0.2, -0.15) is 0 Å². The van der Waals surface area contributed by atoms with Gasteiger partial charge >= 0.3 is 5.97 Å². The standard InChI is InChI=1S/C38H41N5O7/c1-6-24-19-38(24,36(47)48)42-34(45)30-17-26(21-43(30)35(46)32(37(2,3)4)41-33(44)23-14-15-39-20-23)50-31-18-28(22-10-8-7-9-11-22)40-29-16-25(49-5)12-13-27(29)31/h6-16,18,20,24,26,30,32,39H,1,17,19,21H2,2-5H3,(H,41,44)(H,42,45)(H,47,48)/t24-,26+,30-,32+,38?/m0/s1. The van der Waals surface area contributed by atoms with Crippen LogP contribution in [0.1, 0.15) is 44.0 Å². The van der Waals surface area contributed by atoms with Crippen LogP contribution in [0.5, 0.6) is 11.5 Å². The first-order valence-corrected chi connectivity index (χ1v) is 16.5. The fourth-order valence-corrected chi connectivity index (χ4v) is 6.52. The van der Waals surface area contributed by atoms with Crippen molar-refractivity contribution in [1.29, 1.82) is 0 Å². The monoisotopic (exact) mass is 679 g/mol. The number of aliphatic carboxylic acids is 1. The molecule has 1 unspecified atom stereocenters. The van der Waals surface area contributed by atoms with E-state index >= 15 is 0 Å². The van der Waals surface area contributed by atoms with Crippen molar-refractivity contribution < 1.29 is 33.8 Å². The summed E-state index contributed by atoms with van der Waals surface area (Å²) in [5.74, 6) is -2.04. The SMILES string of the molecule is C=C[C@H]1CC1(NC(=O)[C@@H]1C[C@@H](Oc2cc(-c3ccccc3)nc3cc(OC)ccc23)CN1C(=O)[C@@H](NC(=O)c1cc[nH]c1)C(C)(C)C)C(=O)O. The van der Waals surface area contributed by atoms with Crippen molar-refractivity contribution in [2.75, 3.05) is 13.7 Å². The summed E-state index contributed by atoms with van der Waals surface area (Å²) < 4.78 is 12.1. The van der Waals surface area contributed by atoms with Crippen LogP contribution in [0, 0.1) is 11.3 Å². The number of carbonyl (C=O) groups excluding carboxylic acids is 3. The number of carboxylic acid groups (broad SMARTS) is 1. The topological polar surface area (TPSA) is 163 Å². The fourth-order valence-electron chi connectivity index (χ4n) is 6.52. The third kappa shape index (κ3) is 6.65. The number of methoxy groups -OCH3 is 1. The van der Waals surface area contributed by atoms with Crippen LogP contribution in [0.2, 0.25) is 0 Å². The Labute approximate surface area is 289 Å². The maximum absolute atomic E-state index is 14.5. The Morgan fingerprint density at radius 1 is 1.12 bits per heavy atom. The van der Waals surface area contributed by atoms with E-state index in [-0.39, 0.29) is 19.4 Å².